The number of thiocarbonyl (C=S) groups is 1. The zero-order valence-electron chi connectivity index (χ0n) is 14.9. The number of hydrogen-bond donors (Lipinski definition) is 1. The van der Waals surface area contributed by atoms with Crippen LogP contribution in [-0.4, -0.2) is 29.3 Å². The minimum Gasteiger partial charge on any atom is -0.376 e. The smallest absolute Gasteiger partial charge is 0.173 e. The number of anilines is 1. The van der Waals surface area contributed by atoms with Crippen LogP contribution >= 0.6 is 23.6 Å². The summed E-state index contributed by atoms with van der Waals surface area (Å²) in [6.45, 7) is 6.95. The van der Waals surface area contributed by atoms with Crippen LogP contribution in [0, 0.1) is 0 Å². The first-order valence-corrected chi connectivity index (χ1v) is 10.2. The maximum absolute atomic E-state index is 5.82. The molecule has 0 amide bonds. The minimum absolute atomic E-state index is 0.281. The van der Waals surface area contributed by atoms with Crippen LogP contribution in [0.5, 0.6) is 0 Å². The summed E-state index contributed by atoms with van der Waals surface area (Å²) in [5, 5.41) is 6.28. The number of rotatable bonds is 6. The summed E-state index contributed by atoms with van der Waals surface area (Å²) >= 11 is 7.48. The third kappa shape index (κ3) is 5.27. The second kappa shape index (κ2) is 8.79. The summed E-state index contributed by atoms with van der Waals surface area (Å²) in [4.78, 5) is 3.55. The van der Waals surface area contributed by atoms with Crippen LogP contribution in [0.25, 0.3) is 0 Å². The van der Waals surface area contributed by atoms with E-state index in [2.05, 4.69) is 65.8 Å². The van der Waals surface area contributed by atoms with E-state index in [1.54, 1.807) is 11.3 Å². The topological polar surface area (TPSA) is 24.5 Å². The first-order chi connectivity index (χ1) is 12.1. The van der Waals surface area contributed by atoms with Crippen LogP contribution < -0.4 is 5.32 Å². The molecule has 0 saturated carbocycles. The lowest BCUT2D eigenvalue weighted by Gasteiger charge is -2.28. The average Bonchev–Trinajstić information content (AvgIpc) is 3.28. The van der Waals surface area contributed by atoms with E-state index in [1.165, 1.54) is 10.4 Å². The Morgan fingerprint density at radius 1 is 1.32 bits per heavy atom. The molecule has 0 bridgehead atoms. The van der Waals surface area contributed by atoms with Crippen molar-refractivity contribution in [3.8, 4) is 0 Å². The number of hydrogen-bond acceptors (Lipinski definition) is 3. The van der Waals surface area contributed by atoms with E-state index in [9.17, 15) is 0 Å². The van der Waals surface area contributed by atoms with E-state index in [0.29, 0.717) is 5.92 Å². The van der Waals surface area contributed by atoms with Gasteiger partial charge in [0.15, 0.2) is 5.11 Å². The van der Waals surface area contributed by atoms with Crippen LogP contribution in [-0.2, 0) is 11.3 Å². The molecule has 0 unspecified atom stereocenters. The lowest BCUT2D eigenvalue weighted by molar-refractivity contribution is 0.0907. The van der Waals surface area contributed by atoms with E-state index < -0.39 is 0 Å². The number of thiophene rings is 1. The molecule has 25 heavy (non-hydrogen) atoms. The summed E-state index contributed by atoms with van der Waals surface area (Å²) in [5.41, 5.74) is 2.38. The summed E-state index contributed by atoms with van der Waals surface area (Å²) in [6.07, 6.45) is 2.55. The van der Waals surface area contributed by atoms with Crippen molar-refractivity contribution in [2.45, 2.75) is 45.3 Å². The van der Waals surface area contributed by atoms with Crippen LogP contribution in [0.3, 0.4) is 0 Å². The molecule has 1 aromatic carbocycles. The molecular formula is C20H26N2OS2. The van der Waals surface area contributed by atoms with Gasteiger partial charge < -0.3 is 15.0 Å². The molecule has 134 valence electrons. The van der Waals surface area contributed by atoms with Crippen molar-refractivity contribution in [2.75, 3.05) is 18.5 Å². The van der Waals surface area contributed by atoms with E-state index >= 15 is 0 Å². The highest BCUT2D eigenvalue weighted by atomic mass is 32.1. The fraction of sp³-hybridized carbons (Fsp3) is 0.450. The predicted octanol–water partition coefficient (Wildman–Crippen LogP) is 5.25. The van der Waals surface area contributed by atoms with E-state index in [1.807, 2.05) is 0 Å². The van der Waals surface area contributed by atoms with Crippen molar-refractivity contribution in [1.29, 1.82) is 0 Å². The quantitative estimate of drug-likeness (QED) is 0.698. The third-order valence-corrected chi connectivity index (χ3v) is 5.71. The Morgan fingerprint density at radius 3 is 2.72 bits per heavy atom. The molecule has 1 aromatic heterocycles. The van der Waals surface area contributed by atoms with Gasteiger partial charge in [0.05, 0.1) is 12.6 Å². The van der Waals surface area contributed by atoms with Gasteiger partial charge in [-0.05, 0) is 60.1 Å². The molecule has 3 rings (SSSR count). The number of ether oxygens (including phenoxy) is 1. The van der Waals surface area contributed by atoms with Crippen molar-refractivity contribution >= 4 is 34.4 Å². The average molecular weight is 375 g/mol. The summed E-state index contributed by atoms with van der Waals surface area (Å²) in [5.74, 6) is 0.538. The van der Waals surface area contributed by atoms with Gasteiger partial charge in [-0.1, -0.05) is 32.0 Å². The normalized spacial score (nSPS) is 17.0. The molecule has 0 radical (unpaired) electrons. The molecule has 2 heterocycles. The van der Waals surface area contributed by atoms with Crippen molar-refractivity contribution in [3.63, 3.8) is 0 Å². The Hall–Kier alpha value is -1.43. The van der Waals surface area contributed by atoms with Gasteiger partial charge in [-0.25, -0.2) is 0 Å². The van der Waals surface area contributed by atoms with Crippen molar-refractivity contribution < 1.29 is 4.74 Å². The zero-order valence-corrected chi connectivity index (χ0v) is 16.5. The van der Waals surface area contributed by atoms with Gasteiger partial charge in [0.1, 0.15) is 0 Å². The summed E-state index contributed by atoms with van der Waals surface area (Å²) < 4.78 is 5.82. The van der Waals surface area contributed by atoms with Gasteiger partial charge in [0.25, 0.3) is 0 Å². The van der Waals surface area contributed by atoms with Gasteiger partial charge in [-0.2, -0.15) is 0 Å². The number of benzene rings is 1. The standard InChI is InChI=1S/C20H26N2OS2/c1-15(2)16-7-9-17(10-8-16)21-20(24)22(13-18-5-3-11-23-18)14-19-6-4-12-25-19/h4,6-10,12,15,18H,3,5,11,13-14H2,1-2H3,(H,21,24)/t18-/m1/s1. The van der Waals surface area contributed by atoms with Crippen LogP contribution in [0.15, 0.2) is 41.8 Å². The zero-order chi connectivity index (χ0) is 17.6. The molecule has 0 spiro atoms. The van der Waals surface area contributed by atoms with E-state index in [4.69, 9.17) is 17.0 Å². The van der Waals surface area contributed by atoms with Crippen molar-refractivity contribution in [1.82, 2.24) is 4.90 Å². The Morgan fingerprint density at radius 2 is 2.12 bits per heavy atom. The second-order valence-electron chi connectivity index (χ2n) is 6.80. The molecule has 1 N–H and O–H groups in total. The van der Waals surface area contributed by atoms with E-state index in [0.717, 1.165) is 43.3 Å². The molecule has 1 saturated heterocycles. The Balaban J connectivity index is 1.66. The maximum Gasteiger partial charge on any atom is 0.173 e. The number of nitrogens with zero attached hydrogens (tertiary/aromatic N) is 1. The van der Waals surface area contributed by atoms with Crippen molar-refractivity contribution in [3.05, 3.63) is 52.2 Å². The molecule has 5 heteroatoms. The van der Waals surface area contributed by atoms with Crippen LogP contribution in [0.1, 0.15) is 43.0 Å². The minimum atomic E-state index is 0.281. The molecular weight excluding hydrogens is 348 g/mol. The largest absolute Gasteiger partial charge is 0.376 e. The van der Waals surface area contributed by atoms with Gasteiger partial charge in [0, 0.05) is 23.7 Å². The Labute approximate surface area is 160 Å². The first-order valence-electron chi connectivity index (χ1n) is 8.91. The molecule has 1 fully saturated rings. The fourth-order valence-corrected chi connectivity index (χ4v) is 3.97. The highest BCUT2D eigenvalue weighted by Crippen LogP contribution is 2.20. The Bertz CT molecular complexity index is 662. The van der Waals surface area contributed by atoms with Crippen molar-refractivity contribution in [2.24, 2.45) is 0 Å². The summed E-state index contributed by atoms with van der Waals surface area (Å²) in [6, 6.07) is 12.8. The maximum atomic E-state index is 5.82. The highest BCUT2D eigenvalue weighted by molar-refractivity contribution is 7.80. The Kier molecular flexibility index (Phi) is 6.45. The molecule has 2 aromatic rings. The van der Waals surface area contributed by atoms with Gasteiger partial charge in [-0.3, -0.25) is 0 Å². The fourth-order valence-electron chi connectivity index (χ4n) is 3.00. The van der Waals surface area contributed by atoms with Gasteiger partial charge >= 0.3 is 0 Å². The first kappa shape index (κ1) is 18.4. The van der Waals surface area contributed by atoms with Gasteiger partial charge in [0.2, 0.25) is 0 Å². The lowest BCUT2D eigenvalue weighted by Crippen LogP contribution is -2.39. The molecule has 0 aliphatic carbocycles. The van der Waals surface area contributed by atoms with Crippen LogP contribution in [0.2, 0.25) is 0 Å². The molecule has 1 atom stereocenters. The number of nitrogens with one attached hydrogen (secondary N) is 1. The monoisotopic (exact) mass is 374 g/mol. The van der Waals surface area contributed by atoms with Crippen LogP contribution in [0.4, 0.5) is 5.69 Å². The SMILES string of the molecule is CC(C)c1ccc(NC(=S)N(Cc2cccs2)C[C@H]2CCCO2)cc1. The molecule has 1 aliphatic heterocycles. The highest BCUT2D eigenvalue weighted by Gasteiger charge is 2.21. The second-order valence-corrected chi connectivity index (χ2v) is 8.22. The molecule has 1 aliphatic rings. The lowest BCUT2D eigenvalue weighted by atomic mass is 10.0. The predicted molar refractivity (Wildman–Crippen MR) is 110 cm³/mol. The van der Waals surface area contributed by atoms with Gasteiger partial charge in [-0.15, -0.1) is 11.3 Å². The third-order valence-electron chi connectivity index (χ3n) is 4.49. The van der Waals surface area contributed by atoms with E-state index in [-0.39, 0.29) is 6.10 Å². The molecule has 3 nitrogen and oxygen atoms in total. The summed E-state index contributed by atoms with van der Waals surface area (Å²) in [7, 11) is 0.